The third kappa shape index (κ3) is 3.18. The van der Waals surface area contributed by atoms with Crippen LogP contribution < -0.4 is 20.8 Å². The summed E-state index contributed by atoms with van der Waals surface area (Å²) in [5, 5.41) is 8.87. The van der Waals surface area contributed by atoms with Crippen molar-refractivity contribution in [2.45, 2.75) is 31.6 Å². The minimum absolute atomic E-state index is 0.0317. The monoisotopic (exact) mass is 431 g/mol. The molecule has 9 heteroatoms. The van der Waals surface area contributed by atoms with E-state index in [1.54, 1.807) is 0 Å². The largest absolute Gasteiger partial charge is 0.511 e. The number of benzene rings is 1. The molecule has 1 saturated heterocycles. The molecule has 2 heterocycles. The number of hydrogen-bond acceptors (Lipinski definition) is 5. The molecule has 1 aliphatic heterocycles. The van der Waals surface area contributed by atoms with E-state index in [0.717, 1.165) is 6.20 Å². The van der Waals surface area contributed by atoms with E-state index in [-0.39, 0.29) is 29.3 Å². The number of halogens is 2. The van der Waals surface area contributed by atoms with Gasteiger partial charge in [-0.15, -0.1) is 0 Å². The third-order valence-corrected chi connectivity index (χ3v) is 6.87. The molecule has 7 nitrogen and oxygen atoms in total. The Kier molecular flexibility index (Phi) is 4.55. The molecule has 1 saturated carbocycles. The van der Waals surface area contributed by atoms with Crippen molar-refractivity contribution in [2.75, 3.05) is 18.0 Å². The number of carbonyl (C=O) groups is 1. The van der Waals surface area contributed by atoms with Gasteiger partial charge in [0.2, 0.25) is 5.43 Å². The van der Waals surface area contributed by atoms with Gasteiger partial charge >= 0.3 is 6.16 Å². The number of hydrogen-bond donors (Lipinski definition) is 2. The molecule has 3 aliphatic rings. The van der Waals surface area contributed by atoms with Crippen LogP contribution >= 0.6 is 0 Å². The highest BCUT2D eigenvalue weighted by molar-refractivity contribution is 5.85. The molecule has 0 bridgehead atoms. The number of ether oxygens (including phenoxy) is 1. The first-order valence-electron chi connectivity index (χ1n) is 10.4. The van der Waals surface area contributed by atoms with Gasteiger partial charge in [0.25, 0.3) is 0 Å². The van der Waals surface area contributed by atoms with Gasteiger partial charge in [-0.25, -0.2) is 13.6 Å². The molecule has 2 fully saturated rings. The third-order valence-electron chi connectivity index (χ3n) is 6.87. The van der Waals surface area contributed by atoms with Crippen LogP contribution in [0.1, 0.15) is 19.4 Å². The van der Waals surface area contributed by atoms with Gasteiger partial charge in [0, 0.05) is 31.5 Å². The van der Waals surface area contributed by atoms with Crippen LogP contribution in [0.5, 0.6) is 5.75 Å². The van der Waals surface area contributed by atoms with Gasteiger partial charge in [-0.1, -0.05) is 19.1 Å². The summed E-state index contributed by atoms with van der Waals surface area (Å²) in [6, 6.07) is 2.22. The van der Waals surface area contributed by atoms with Crippen molar-refractivity contribution in [3.05, 3.63) is 46.5 Å². The number of allylic oxidation sites excluding steroid dienone is 1. The maximum absolute atomic E-state index is 15.8. The predicted octanol–water partition coefficient (Wildman–Crippen LogP) is 3.07. The summed E-state index contributed by atoms with van der Waals surface area (Å²) in [5.41, 5.74) is 5.81. The van der Waals surface area contributed by atoms with E-state index in [1.807, 2.05) is 11.0 Å². The molecule has 1 aromatic carbocycles. The van der Waals surface area contributed by atoms with E-state index < -0.39 is 35.4 Å². The molecule has 164 valence electrons. The number of anilines is 1. The number of alkyl halides is 1. The zero-order valence-electron chi connectivity index (χ0n) is 16.9. The SMILES string of the molecule is CC1C=CC(N)C2CN(c3ccc4c(=O)c(OC(=O)O)cn([C@@H]5C[C@@H]5F)c4c3F)CC12. The Balaban J connectivity index is 1.61. The van der Waals surface area contributed by atoms with Crippen molar-refractivity contribution in [1.29, 1.82) is 0 Å². The van der Waals surface area contributed by atoms with Crippen molar-refractivity contribution in [2.24, 2.45) is 23.5 Å². The summed E-state index contributed by atoms with van der Waals surface area (Å²) in [6.45, 7) is 3.34. The van der Waals surface area contributed by atoms with Crippen molar-refractivity contribution >= 4 is 22.7 Å². The van der Waals surface area contributed by atoms with E-state index in [2.05, 4.69) is 17.7 Å². The zero-order chi connectivity index (χ0) is 22.0. The molecular weight excluding hydrogens is 408 g/mol. The van der Waals surface area contributed by atoms with Crippen LogP contribution in [0, 0.1) is 23.6 Å². The fourth-order valence-corrected chi connectivity index (χ4v) is 5.09. The molecule has 0 amide bonds. The smallest absolute Gasteiger partial charge is 0.449 e. The molecule has 1 aromatic heterocycles. The van der Waals surface area contributed by atoms with E-state index in [1.165, 1.54) is 16.7 Å². The highest BCUT2D eigenvalue weighted by Gasteiger charge is 2.43. The van der Waals surface area contributed by atoms with E-state index in [4.69, 9.17) is 10.8 Å². The summed E-state index contributed by atoms with van der Waals surface area (Å²) >= 11 is 0. The molecule has 5 rings (SSSR count). The van der Waals surface area contributed by atoms with Crippen LogP contribution in [0.3, 0.4) is 0 Å². The lowest BCUT2D eigenvalue weighted by Crippen LogP contribution is -2.38. The number of aromatic nitrogens is 1. The quantitative estimate of drug-likeness (QED) is 0.573. The number of rotatable bonds is 3. The lowest BCUT2D eigenvalue weighted by molar-refractivity contribution is 0.143. The Morgan fingerprint density at radius 1 is 1.26 bits per heavy atom. The van der Waals surface area contributed by atoms with Crippen LogP contribution in [0.15, 0.2) is 35.3 Å². The van der Waals surface area contributed by atoms with Crippen molar-refractivity contribution in [3.63, 3.8) is 0 Å². The Morgan fingerprint density at radius 2 is 1.97 bits per heavy atom. The molecule has 4 unspecified atom stereocenters. The van der Waals surface area contributed by atoms with Crippen molar-refractivity contribution in [1.82, 2.24) is 4.57 Å². The first kappa shape index (κ1) is 20.0. The number of nitrogens with two attached hydrogens (primary N) is 1. The first-order valence-corrected chi connectivity index (χ1v) is 10.4. The standard InChI is InChI=1S/C22H23F2N3O4/c1-10-2-4-15(25)13-8-26(7-12(10)13)16-5-3-11-20(19(16)24)27(17-6-14(17)23)9-18(21(11)28)31-22(29)30/h2-5,9-10,12-15,17H,6-8,25H2,1H3,(H,29,30)/t10?,12?,13?,14-,15?,17+/m0/s1. The second kappa shape index (κ2) is 7.05. The maximum Gasteiger partial charge on any atom is 0.511 e. The van der Waals surface area contributed by atoms with Crippen LogP contribution in [-0.2, 0) is 0 Å². The van der Waals surface area contributed by atoms with E-state index >= 15 is 4.39 Å². The van der Waals surface area contributed by atoms with Crippen LogP contribution in [0.2, 0.25) is 0 Å². The number of nitrogens with zero attached hydrogens (tertiary/aromatic N) is 2. The molecule has 6 atom stereocenters. The molecular formula is C22H23F2N3O4. The molecule has 3 N–H and O–H groups in total. The fraction of sp³-hybridized carbons (Fsp3) is 0.455. The Bertz CT molecular complexity index is 1140. The lowest BCUT2D eigenvalue weighted by atomic mass is 9.77. The molecule has 0 radical (unpaired) electrons. The Morgan fingerprint density at radius 3 is 2.61 bits per heavy atom. The summed E-state index contributed by atoms with van der Waals surface area (Å²) in [7, 11) is 0. The Hall–Kier alpha value is -2.94. The van der Waals surface area contributed by atoms with Gasteiger partial charge in [-0.05, 0) is 24.0 Å². The molecule has 31 heavy (non-hydrogen) atoms. The van der Waals surface area contributed by atoms with Gasteiger partial charge in [0.15, 0.2) is 11.6 Å². The van der Waals surface area contributed by atoms with Gasteiger partial charge in [0.05, 0.1) is 28.8 Å². The molecule has 2 aliphatic carbocycles. The average molecular weight is 431 g/mol. The van der Waals surface area contributed by atoms with E-state index in [9.17, 15) is 14.0 Å². The molecule has 2 aromatic rings. The minimum Gasteiger partial charge on any atom is -0.449 e. The predicted molar refractivity (Wildman–Crippen MR) is 111 cm³/mol. The van der Waals surface area contributed by atoms with Crippen LogP contribution in [-0.4, -0.2) is 41.1 Å². The second-order valence-electron chi connectivity index (χ2n) is 8.77. The van der Waals surface area contributed by atoms with Crippen molar-refractivity contribution in [3.8, 4) is 5.75 Å². The summed E-state index contributed by atoms with van der Waals surface area (Å²) in [5.74, 6) is -0.275. The summed E-state index contributed by atoms with van der Waals surface area (Å²) in [4.78, 5) is 25.6. The summed E-state index contributed by atoms with van der Waals surface area (Å²) < 4.78 is 35.6. The summed E-state index contributed by atoms with van der Waals surface area (Å²) in [6.07, 6.45) is 2.52. The maximum atomic E-state index is 15.8. The number of fused-ring (bicyclic) bond motifs is 2. The average Bonchev–Trinajstić information content (AvgIpc) is 3.26. The van der Waals surface area contributed by atoms with Gasteiger partial charge in [-0.3, -0.25) is 4.79 Å². The minimum atomic E-state index is -1.66. The topological polar surface area (TPSA) is 97.8 Å². The van der Waals surface area contributed by atoms with Gasteiger partial charge in [-0.2, -0.15) is 0 Å². The second-order valence-corrected chi connectivity index (χ2v) is 8.77. The highest BCUT2D eigenvalue weighted by Crippen LogP contribution is 2.43. The van der Waals surface area contributed by atoms with Gasteiger partial charge in [0.1, 0.15) is 6.17 Å². The highest BCUT2D eigenvalue weighted by atomic mass is 19.1. The lowest BCUT2D eigenvalue weighted by Gasteiger charge is -2.30. The Labute approximate surface area is 176 Å². The number of pyridine rings is 1. The number of carboxylic acid groups (broad SMARTS) is 1. The van der Waals surface area contributed by atoms with Crippen molar-refractivity contribution < 1.29 is 23.4 Å². The first-order chi connectivity index (χ1) is 14.8. The van der Waals surface area contributed by atoms with Crippen LogP contribution in [0.25, 0.3) is 10.9 Å². The van der Waals surface area contributed by atoms with E-state index in [0.29, 0.717) is 30.6 Å². The zero-order valence-corrected chi connectivity index (χ0v) is 16.9. The van der Waals surface area contributed by atoms with Crippen LogP contribution in [0.4, 0.5) is 19.3 Å². The molecule has 0 spiro atoms. The van der Waals surface area contributed by atoms with Gasteiger partial charge < -0.3 is 25.0 Å². The normalized spacial score (nSPS) is 31.7. The fourth-order valence-electron chi connectivity index (χ4n) is 5.09.